The predicted molar refractivity (Wildman–Crippen MR) is 66.7 cm³/mol. The molecule has 0 aromatic rings. The molecule has 17 heavy (non-hydrogen) atoms. The van der Waals surface area contributed by atoms with Crippen molar-refractivity contribution in [3.8, 4) is 0 Å². The quantitative estimate of drug-likeness (QED) is 0.720. The Balaban J connectivity index is 2.06. The van der Waals surface area contributed by atoms with Crippen molar-refractivity contribution in [3.05, 3.63) is 0 Å². The molecule has 0 aliphatic carbocycles. The molecule has 0 aromatic carbocycles. The van der Waals surface area contributed by atoms with Crippen molar-refractivity contribution >= 4 is 11.9 Å². The number of nitrogens with zero attached hydrogens (tertiary/aromatic N) is 1. The van der Waals surface area contributed by atoms with Gasteiger partial charge in [0.2, 0.25) is 5.91 Å². The number of carbonyl (C=O) groups is 2. The average Bonchev–Trinajstić information content (AvgIpc) is 2.29. The maximum Gasteiger partial charge on any atom is 0.317 e. The summed E-state index contributed by atoms with van der Waals surface area (Å²) in [5.41, 5.74) is 0. The molecule has 5 nitrogen and oxygen atoms in total. The number of amides is 3. The van der Waals surface area contributed by atoms with Crippen molar-refractivity contribution < 1.29 is 9.59 Å². The smallest absolute Gasteiger partial charge is 0.317 e. The number of hydrogen-bond acceptors (Lipinski definition) is 2. The minimum atomic E-state index is -0.0265. The summed E-state index contributed by atoms with van der Waals surface area (Å²) in [6, 6.07) is 0.0275. The van der Waals surface area contributed by atoms with E-state index in [2.05, 4.69) is 17.6 Å². The van der Waals surface area contributed by atoms with Crippen molar-refractivity contribution in [1.29, 1.82) is 0 Å². The molecule has 0 spiro atoms. The largest absolute Gasteiger partial charge is 0.356 e. The van der Waals surface area contributed by atoms with Gasteiger partial charge in [-0.05, 0) is 25.2 Å². The van der Waals surface area contributed by atoms with Crippen LogP contribution in [0.2, 0.25) is 0 Å². The number of urea groups is 1. The molecule has 1 rings (SSSR count). The van der Waals surface area contributed by atoms with E-state index in [1.807, 2.05) is 4.90 Å². The van der Waals surface area contributed by atoms with E-state index in [0.717, 1.165) is 38.3 Å². The fourth-order valence-corrected chi connectivity index (χ4v) is 1.87. The number of hydrogen-bond donors (Lipinski definition) is 2. The highest BCUT2D eigenvalue weighted by Crippen LogP contribution is 2.15. The molecule has 1 heterocycles. The minimum Gasteiger partial charge on any atom is -0.356 e. The minimum absolute atomic E-state index is 0.0265. The maximum absolute atomic E-state index is 11.7. The molecule has 1 fully saturated rings. The molecule has 98 valence electrons. The summed E-state index contributed by atoms with van der Waals surface area (Å²) in [7, 11) is 0. The van der Waals surface area contributed by atoms with E-state index in [-0.39, 0.29) is 11.9 Å². The van der Waals surface area contributed by atoms with Gasteiger partial charge < -0.3 is 15.5 Å². The molecular formula is C12H23N3O2. The van der Waals surface area contributed by atoms with E-state index in [1.54, 1.807) is 0 Å². The number of carbonyl (C=O) groups excluding carboxylic acids is 2. The standard InChI is InChI=1S/C12H23N3O2/c1-10-4-8-15(9-5-10)12(17)14-7-3-6-13-11(2)16/h10H,3-9H2,1-2H3,(H,13,16)(H,14,17). The van der Waals surface area contributed by atoms with E-state index in [1.165, 1.54) is 6.92 Å². The molecular weight excluding hydrogens is 218 g/mol. The van der Waals surface area contributed by atoms with Gasteiger partial charge in [-0.1, -0.05) is 6.92 Å². The van der Waals surface area contributed by atoms with Crippen LogP contribution in [0.15, 0.2) is 0 Å². The molecule has 0 radical (unpaired) electrons. The molecule has 0 bridgehead atoms. The van der Waals surface area contributed by atoms with Crippen LogP contribution in [-0.4, -0.2) is 43.0 Å². The third-order valence-electron chi connectivity index (χ3n) is 3.07. The van der Waals surface area contributed by atoms with Gasteiger partial charge in [0.05, 0.1) is 0 Å². The summed E-state index contributed by atoms with van der Waals surface area (Å²) in [4.78, 5) is 24.2. The Hall–Kier alpha value is -1.26. The zero-order valence-corrected chi connectivity index (χ0v) is 10.8. The number of piperidine rings is 1. The Bertz CT molecular complexity index is 260. The summed E-state index contributed by atoms with van der Waals surface area (Å²) in [5.74, 6) is 0.708. The fourth-order valence-electron chi connectivity index (χ4n) is 1.87. The summed E-state index contributed by atoms with van der Waals surface area (Å²) >= 11 is 0. The second-order valence-corrected chi connectivity index (χ2v) is 4.74. The molecule has 1 aliphatic rings. The van der Waals surface area contributed by atoms with Gasteiger partial charge in [0, 0.05) is 33.1 Å². The Morgan fingerprint density at radius 3 is 2.35 bits per heavy atom. The lowest BCUT2D eigenvalue weighted by atomic mass is 10.00. The van der Waals surface area contributed by atoms with Gasteiger partial charge in [0.15, 0.2) is 0 Å². The molecule has 0 saturated carbocycles. The first-order valence-corrected chi connectivity index (χ1v) is 6.37. The monoisotopic (exact) mass is 241 g/mol. The van der Waals surface area contributed by atoms with Crippen LogP contribution in [0.25, 0.3) is 0 Å². The van der Waals surface area contributed by atoms with Crippen LogP contribution in [0.5, 0.6) is 0 Å². The molecule has 0 aromatic heterocycles. The second kappa shape index (κ2) is 7.14. The highest BCUT2D eigenvalue weighted by molar-refractivity contribution is 5.74. The van der Waals surface area contributed by atoms with Gasteiger partial charge in [0.25, 0.3) is 0 Å². The highest BCUT2D eigenvalue weighted by atomic mass is 16.2. The van der Waals surface area contributed by atoms with Crippen molar-refractivity contribution in [3.63, 3.8) is 0 Å². The molecule has 1 saturated heterocycles. The Labute approximate surface area is 103 Å². The van der Waals surface area contributed by atoms with E-state index in [0.29, 0.717) is 13.1 Å². The van der Waals surface area contributed by atoms with Crippen LogP contribution in [0.1, 0.15) is 33.1 Å². The summed E-state index contributed by atoms with van der Waals surface area (Å²) in [6.07, 6.45) is 2.97. The van der Waals surface area contributed by atoms with Crippen molar-refractivity contribution in [2.24, 2.45) is 5.92 Å². The topological polar surface area (TPSA) is 61.4 Å². The number of likely N-dealkylation sites (tertiary alicyclic amines) is 1. The van der Waals surface area contributed by atoms with Crippen LogP contribution in [0.4, 0.5) is 4.79 Å². The molecule has 0 unspecified atom stereocenters. The van der Waals surface area contributed by atoms with Crippen LogP contribution >= 0.6 is 0 Å². The van der Waals surface area contributed by atoms with Gasteiger partial charge in [-0.15, -0.1) is 0 Å². The van der Waals surface area contributed by atoms with Crippen molar-refractivity contribution in [2.45, 2.75) is 33.1 Å². The van der Waals surface area contributed by atoms with Crippen LogP contribution in [0, 0.1) is 5.92 Å². The number of rotatable bonds is 4. The first-order chi connectivity index (χ1) is 8.09. The average molecular weight is 241 g/mol. The molecule has 2 N–H and O–H groups in total. The van der Waals surface area contributed by atoms with Crippen LogP contribution < -0.4 is 10.6 Å². The summed E-state index contributed by atoms with van der Waals surface area (Å²) in [6.45, 7) is 6.67. The van der Waals surface area contributed by atoms with Gasteiger partial charge in [0.1, 0.15) is 0 Å². The normalized spacial score (nSPS) is 16.7. The van der Waals surface area contributed by atoms with Crippen LogP contribution in [-0.2, 0) is 4.79 Å². The molecule has 5 heteroatoms. The third-order valence-corrected chi connectivity index (χ3v) is 3.07. The zero-order valence-electron chi connectivity index (χ0n) is 10.8. The summed E-state index contributed by atoms with van der Waals surface area (Å²) < 4.78 is 0. The predicted octanol–water partition coefficient (Wildman–Crippen LogP) is 0.954. The van der Waals surface area contributed by atoms with Gasteiger partial charge >= 0.3 is 6.03 Å². The van der Waals surface area contributed by atoms with Gasteiger partial charge in [-0.3, -0.25) is 4.79 Å². The fraction of sp³-hybridized carbons (Fsp3) is 0.833. The zero-order chi connectivity index (χ0) is 12.7. The molecule has 1 aliphatic heterocycles. The first kappa shape index (κ1) is 13.8. The van der Waals surface area contributed by atoms with Gasteiger partial charge in [-0.2, -0.15) is 0 Å². The Morgan fingerprint density at radius 2 is 1.76 bits per heavy atom. The van der Waals surface area contributed by atoms with Gasteiger partial charge in [-0.25, -0.2) is 4.79 Å². The second-order valence-electron chi connectivity index (χ2n) is 4.74. The Kier molecular flexibility index (Phi) is 5.80. The lowest BCUT2D eigenvalue weighted by Gasteiger charge is -2.30. The highest BCUT2D eigenvalue weighted by Gasteiger charge is 2.19. The molecule has 0 atom stereocenters. The van der Waals surface area contributed by atoms with E-state index in [4.69, 9.17) is 0 Å². The Morgan fingerprint density at radius 1 is 1.18 bits per heavy atom. The molecule has 3 amide bonds. The first-order valence-electron chi connectivity index (χ1n) is 6.37. The van der Waals surface area contributed by atoms with Crippen LogP contribution in [0.3, 0.4) is 0 Å². The van der Waals surface area contributed by atoms with E-state index < -0.39 is 0 Å². The van der Waals surface area contributed by atoms with Crippen molar-refractivity contribution in [1.82, 2.24) is 15.5 Å². The lowest BCUT2D eigenvalue weighted by molar-refractivity contribution is -0.118. The number of nitrogens with one attached hydrogen (secondary N) is 2. The SMILES string of the molecule is CC(=O)NCCCNC(=O)N1CCC(C)CC1. The third kappa shape index (κ3) is 5.56. The lowest BCUT2D eigenvalue weighted by Crippen LogP contribution is -2.44. The summed E-state index contributed by atoms with van der Waals surface area (Å²) in [5, 5.41) is 5.58. The van der Waals surface area contributed by atoms with E-state index >= 15 is 0 Å². The maximum atomic E-state index is 11.7. The van der Waals surface area contributed by atoms with E-state index in [9.17, 15) is 9.59 Å². The van der Waals surface area contributed by atoms with Crippen molar-refractivity contribution in [2.75, 3.05) is 26.2 Å².